The highest BCUT2D eigenvalue weighted by Crippen LogP contribution is 2.35. The van der Waals surface area contributed by atoms with E-state index in [9.17, 15) is 13.2 Å². The summed E-state index contributed by atoms with van der Waals surface area (Å²) in [5.41, 5.74) is 7.69. The van der Waals surface area contributed by atoms with Crippen molar-refractivity contribution in [3.05, 3.63) is 24.0 Å². The Morgan fingerprint density at radius 1 is 1.20 bits per heavy atom. The van der Waals surface area contributed by atoms with Crippen LogP contribution in [0.2, 0.25) is 0 Å². The van der Waals surface area contributed by atoms with Gasteiger partial charge in [-0.15, -0.1) is 0 Å². The van der Waals surface area contributed by atoms with Crippen LogP contribution < -0.4 is 10.0 Å². The van der Waals surface area contributed by atoms with Crippen LogP contribution in [0, 0.1) is 5.92 Å². The highest BCUT2D eigenvalue weighted by molar-refractivity contribution is 7.98. The van der Waals surface area contributed by atoms with E-state index in [0.29, 0.717) is 30.8 Å². The molecule has 2 aliphatic heterocycles. The summed E-state index contributed by atoms with van der Waals surface area (Å²) < 4.78 is 52.0. The number of halogens is 3. The lowest BCUT2D eigenvalue weighted by Crippen LogP contribution is -2.37. The molecule has 0 radical (unpaired) electrons. The van der Waals surface area contributed by atoms with Gasteiger partial charge in [-0.2, -0.15) is 13.2 Å². The molecule has 2 N–H and O–H groups in total. The van der Waals surface area contributed by atoms with Gasteiger partial charge in [0.25, 0.3) is 0 Å². The van der Waals surface area contributed by atoms with Gasteiger partial charge in [-0.1, -0.05) is 0 Å². The standard InChI is InChI=1S/C20H28F3N5OS/c1-26(30-27-8-4-15(24)5-9-27)16-2-3-18-17(12-16)25-19(20(21,22)23)28(18)13-14-6-10-29-11-7-14/h2-3,12,14-15H,4-11,13,24H2,1H3. The van der Waals surface area contributed by atoms with Crippen LogP contribution in [0.25, 0.3) is 11.0 Å². The van der Waals surface area contributed by atoms with Crippen LogP contribution in [0.15, 0.2) is 18.2 Å². The Morgan fingerprint density at radius 3 is 2.57 bits per heavy atom. The summed E-state index contributed by atoms with van der Waals surface area (Å²) in [5, 5.41) is 0. The number of anilines is 1. The van der Waals surface area contributed by atoms with E-state index in [1.54, 1.807) is 24.3 Å². The number of hydrogen-bond donors (Lipinski definition) is 1. The predicted octanol–water partition coefficient (Wildman–Crippen LogP) is 3.90. The predicted molar refractivity (Wildman–Crippen MR) is 113 cm³/mol. The Bertz CT molecular complexity index is 860. The number of benzene rings is 1. The van der Waals surface area contributed by atoms with Gasteiger partial charge in [-0.3, -0.25) is 0 Å². The molecule has 10 heteroatoms. The van der Waals surface area contributed by atoms with E-state index in [0.717, 1.165) is 44.5 Å². The van der Waals surface area contributed by atoms with E-state index in [1.165, 1.54) is 4.57 Å². The zero-order chi connectivity index (χ0) is 21.3. The molecule has 0 spiro atoms. The van der Waals surface area contributed by atoms with Crippen molar-refractivity contribution >= 4 is 28.9 Å². The molecule has 166 valence electrons. The van der Waals surface area contributed by atoms with Crippen molar-refractivity contribution in [1.82, 2.24) is 13.9 Å². The summed E-state index contributed by atoms with van der Waals surface area (Å²) in [7, 11) is 1.92. The van der Waals surface area contributed by atoms with Crippen molar-refractivity contribution < 1.29 is 17.9 Å². The lowest BCUT2D eigenvalue weighted by atomic mass is 10.0. The summed E-state index contributed by atoms with van der Waals surface area (Å²) >= 11 is 1.57. The molecule has 2 fully saturated rings. The maximum absolute atomic E-state index is 13.7. The second kappa shape index (κ2) is 8.94. The molecule has 2 aliphatic rings. The van der Waals surface area contributed by atoms with E-state index >= 15 is 0 Å². The fourth-order valence-corrected chi connectivity index (χ4v) is 5.01. The molecule has 2 saturated heterocycles. The van der Waals surface area contributed by atoms with Gasteiger partial charge in [0.1, 0.15) is 0 Å². The van der Waals surface area contributed by atoms with Crippen molar-refractivity contribution in [2.24, 2.45) is 11.7 Å². The molecular weight excluding hydrogens is 415 g/mol. The number of ether oxygens (including phenoxy) is 1. The maximum atomic E-state index is 13.7. The molecule has 0 atom stereocenters. The average Bonchev–Trinajstić information content (AvgIpc) is 3.08. The quantitative estimate of drug-likeness (QED) is 0.708. The Labute approximate surface area is 178 Å². The number of nitrogens with zero attached hydrogens (tertiary/aromatic N) is 4. The van der Waals surface area contributed by atoms with Crippen LogP contribution in [-0.2, 0) is 17.5 Å². The van der Waals surface area contributed by atoms with Crippen molar-refractivity contribution in [2.45, 2.75) is 44.4 Å². The van der Waals surface area contributed by atoms with Gasteiger partial charge >= 0.3 is 6.18 Å². The third-order valence-corrected chi connectivity index (χ3v) is 6.92. The van der Waals surface area contributed by atoms with E-state index in [2.05, 4.69) is 9.29 Å². The summed E-state index contributed by atoms with van der Waals surface area (Å²) in [4.78, 5) is 3.99. The lowest BCUT2D eigenvalue weighted by molar-refractivity contribution is -0.147. The number of nitrogens with two attached hydrogens (primary N) is 1. The first-order valence-electron chi connectivity index (χ1n) is 10.4. The molecule has 4 rings (SSSR count). The minimum Gasteiger partial charge on any atom is -0.381 e. The number of aromatic nitrogens is 2. The summed E-state index contributed by atoms with van der Waals surface area (Å²) in [5.74, 6) is -0.651. The Balaban J connectivity index is 1.57. The average molecular weight is 444 g/mol. The molecule has 30 heavy (non-hydrogen) atoms. The van der Waals surface area contributed by atoms with Gasteiger partial charge in [0, 0.05) is 58.1 Å². The van der Waals surface area contributed by atoms with Crippen molar-refractivity contribution in [3.63, 3.8) is 0 Å². The van der Waals surface area contributed by atoms with Crippen LogP contribution in [-0.4, -0.2) is 53.2 Å². The van der Waals surface area contributed by atoms with E-state index in [1.807, 2.05) is 17.4 Å². The highest BCUT2D eigenvalue weighted by atomic mass is 32.2. The molecule has 0 saturated carbocycles. The van der Waals surface area contributed by atoms with Gasteiger partial charge in [0.05, 0.1) is 16.7 Å². The van der Waals surface area contributed by atoms with Gasteiger partial charge in [0.15, 0.2) is 0 Å². The van der Waals surface area contributed by atoms with Crippen molar-refractivity contribution in [3.8, 4) is 0 Å². The monoisotopic (exact) mass is 443 g/mol. The van der Waals surface area contributed by atoms with Gasteiger partial charge in [-0.25, -0.2) is 9.29 Å². The second-order valence-electron chi connectivity index (χ2n) is 8.12. The maximum Gasteiger partial charge on any atom is 0.449 e. The summed E-state index contributed by atoms with van der Waals surface area (Å²) in [6.45, 7) is 3.32. The Morgan fingerprint density at radius 2 is 1.90 bits per heavy atom. The summed E-state index contributed by atoms with van der Waals surface area (Å²) in [6.07, 6.45) is -1.05. The Hall–Kier alpha value is -1.49. The Kier molecular flexibility index (Phi) is 6.47. The largest absolute Gasteiger partial charge is 0.449 e. The molecule has 0 aliphatic carbocycles. The van der Waals surface area contributed by atoms with Crippen molar-refractivity contribution in [1.29, 1.82) is 0 Å². The van der Waals surface area contributed by atoms with Crippen LogP contribution in [0.5, 0.6) is 0 Å². The fraction of sp³-hybridized carbons (Fsp3) is 0.650. The first-order valence-corrected chi connectivity index (χ1v) is 11.1. The number of fused-ring (bicyclic) bond motifs is 1. The zero-order valence-corrected chi connectivity index (χ0v) is 17.9. The third-order valence-electron chi connectivity index (χ3n) is 5.87. The van der Waals surface area contributed by atoms with Gasteiger partial charge < -0.3 is 19.3 Å². The molecule has 3 heterocycles. The number of piperidine rings is 1. The minimum atomic E-state index is -4.49. The van der Waals surface area contributed by atoms with E-state index < -0.39 is 12.0 Å². The third kappa shape index (κ3) is 4.87. The molecule has 0 bridgehead atoms. The zero-order valence-electron chi connectivity index (χ0n) is 17.1. The van der Waals surface area contributed by atoms with E-state index in [-0.39, 0.29) is 12.0 Å². The molecule has 1 aromatic heterocycles. The van der Waals surface area contributed by atoms with E-state index in [4.69, 9.17) is 10.5 Å². The van der Waals surface area contributed by atoms with Crippen molar-refractivity contribution in [2.75, 3.05) is 37.7 Å². The van der Waals surface area contributed by atoms with Crippen LogP contribution in [0.1, 0.15) is 31.5 Å². The minimum absolute atomic E-state index is 0.167. The van der Waals surface area contributed by atoms with Crippen LogP contribution in [0.3, 0.4) is 0 Å². The number of imidazole rings is 1. The molecular formula is C20H28F3N5OS. The lowest BCUT2D eigenvalue weighted by Gasteiger charge is -2.32. The first kappa shape index (κ1) is 21.7. The normalized spacial score (nSPS) is 20.2. The smallest absolute Gasteiger partial charge is 0.381 e. The van der Waals surface area contributed by atoms with Gasteiger partial charge in [-0.05, 0) is 49.8 Å². The molecule has 0 amide bonds. The number of hydrogen-bond acceptors (Lipinski definition) is 6. The topological polar surface area (TPSA) is 59.5 Å². The molecule has 6 nitrogen and oxygen atoms in total. The highest BCUT2D eigenvalue weighted by Gasteiger charge is 2.38. The number of rotatable bonds is 5. The molecule has 1 aromatic carbocycles. The van der Waals surface area contributed by atoms with Gasteiger partial charge in [0.2, 0.25) is 5.82 Å². The summed E-state index contributed by atoms with van der Waals surface area (Å²) in [6, 6.07) is 5.63. The van der Waals surface area contributed by atoms with Crippen LogP contribution in [0.4, 0.5) is 18.9 Å². The SMILES string of the molecule is CN(SN1CCC(N)CC1)c1ccc2c(c1)nc(C(F)(F)F)n2CC1CCOCC1. The fourth-order valence-electron chi connectivity index (χ4n) is 4.08. The molecule has 0 unspecified atom stereocenters. The number of alkyl halides is 3. The first-order chi connectivity index (χ1) is 14.3. The van der Waals surface area contributed by atoms with Crippen LogP contribution >= 0.6 is 12.1 Å². The molecule has 2 aromatic rings. The second-order valence-corrected chi connectivity index (χ2v) is 9.35.